The van der Waals surface area contributed by atoms with E-state index in [1.807, 2.05) is 0 Å². The van der Waals surface area contributed by atoms with E-state index in [0.29, 0.717) is 24.2 Å². The lowest BCUT2D eigenvalue weighted by molar-refractivity contribution is -0.153. The molecule has 0 radical (unpaired) electrons. The molecule has 0 unspecified atom stereocenters. The van der Waals surface area contributed by atoms with E-state index in [4.69, 9.17) is 10.3 Å². The van der Waals surface area contributed by atoms with Crippen LogP contribution < -0.4 is 11.1 Å². The number of pyridine rings is 1. The molecule has 0 atom stereocenters. The molecule has 7 nitrogen and oxygen atoms in total. The van der Waals surface area contributed by atoms with E-state index < -0.39 is 12.1 Å². The summed E-state index contributed by atoms with van der Waals surface area (Å²) in [5.74, 6) is 0.292. The molecule has 4 rings (SSSR count). The third kappa shape index (κ3) is 2.33. The van der Waals surface area contributed by atoms with Crippen molar-refractivity contribution in [3.8, 4) is 11.5 Å². The second kappa shape index (κ2) is 5.25. The fourth-order valence-electron chi connectivity index (χ4n) is 3.96. The molecule has 24 heavy (non-hydrogen) atoms. The van der Waals surface area contributed by atoms with Gasteiger partial charge in [0.25, 0.3) is 11.8 Å². The molecule has 0 bridgehead atoms. The second-order valence-corrected chi connectivity index (χ2v) is 6.96. The number of aromatic nitrogens is 3. The first-order chi connectivity index (χ1) is 11.5. The molecule has 2 heterocycles. The smallest absolute Gasteiger partial charge is 0.261 e. The minimum atomic E-state index is -0.910. The highest BCUT2D eigenvalue weighted by molar-refractivity contribution is 5.96. The Morgan fingerprint density at radius 3 is 2.79 bits per heavy atom. The molecule has 3 N–H and O–H groups in total. The van der Waals surface area contributed by atoms with E-state index in [1.54, 1.807) is 12.1 Å². The van der Waals surface area contributed by atoms with Crippen LogP contribution in [0.4, 0.5) is 16.2 Å². The number of alkyl halides is 1. The van der Waals surface area contributed by atoms with Crippen molar-refractivity contribution in [3.05, 3.63) is 18.3 Å². The first kappa shape index (κ1) is 15.0. The van der Waals surface area contributed by atoms with Gasteiger partial charge in [-0.1, -0.05) is 6.42 Å². The average Bonchev–Trinajstić information content (AvgIpc) is 2.92. The number of halogens is 1. The van der Waals surface area contributed by atoms with Gasteiger partial charge in [-0.2, -0.15) is 4.98 Å². The molecule has 0 aromatic carbocycles. The highest BCUT2D eigenvalue weighted by Crippen LogP contribution is 2.64. The van der Waals surface area contributed by atoms with Crippen LogP contribution in [-0.2, 0) is 4.79 Å². The van der Waals surface area contributed by atoms with Crippen LogP contribution in [0.5, 0.6) is 0 Å². The molecule has 2 saturated carbocycles. The fraction of sp³-hybridized carbons (Fsp3) is 0.500. The van der Waals surface area contributed by atoms with Crippen LogP contribution in [0.1, 0.15) is 32.1 Å². The summed E-state index contributed by atoms with van der Waals surface area (Å²) in [6.45, 7) is -0.638. The van der Waals surface area contributed by atoms with E-state index >= 15 is 0 Å². The monoisotopic (exact) mass is 331 g/mol. The van der Waals surface area contributed by atoms with Crippen LogP contribution in [0, 0.1) is 10.8 Å². The van der Waals surface area contributed by atoms with Gasteiger partial charge in [0.2, 0.25) is 5.91 Å². The molecule has 2 fully saturated rings. The van der Waals surface area contributed by atoms with Crippen molar-refractivity contribution in [2.24, 2.45) is 10.8 Å². The number of nitrogens with one attached hydrogen (secondary N) is 1. The maximum atomic E-state index is 13.6. The Hall–Kier alpha value is -2.51. The minimum Gasteiger partial charge on any atom is -0.365 e. The average molecular weight is 331 g/mol. The SMILES string of the molecule is Nc1noc(-c2ccnc(NC(=O)C3(CF)CC4(CCC4)C3)c2)n1. The second-order valence-electron chi connectivity index (χ2n) is 6.96. The van der Waals surface area contributed by atoms with Crippen LogP contribution >= 0.6 is 0 Å². The lowest BCUT2D eigenvalue weighted by Gasteiger charge is -2.59. The van der Waals surface area contributed by atoms with Crippen molar-refractivity contribution in [2.45, 2.75) is 32.1 Å². The Morgan fingerprint density at radius 1 is 1.42 bits per heavy atom. The first-order valence-electron chi connectivity index (χ1n) is 7.97. The lowest BCUT2D eigenvalue weighted by atomic mass is 9.45. The molecular weight excluding hydrogens is 313 g/mol. The van der Waals surface area contributed by atoms with Crippen LogP contribution in [0.25, 0.3) is 11.5 Å². The predicted octanol–water partition coefficient (Wildman–Crippen LogP) is 2.57. The molecule has 126 valence electrons. The molecular formula is C16H18FN5O2. The first-order valence-corrected chi connectivity index (χ1v) is 7.97. The van der Waals surface area contributed by atoms with Crippen LogP contribution in [-0.4, -0.2) is 27.7 Å². The topological polar surface area (TPSA) is 107 Å². The molecule has 0 saturated heterocycles. The van der Waals surface area contributed by atoms with Crippen LogP contribution in [0.3, 0.4) is 0 Å². The van der Waals surface area contributed by atoms with E-state index in [-0.39, 0.29) is 23.2 Å². The molecule has 1 amide bonds. The Morgan fingerprint density at radius 2 is 2.21 bits per heavy atom. The number of hydrogen-bond acceptors (Lipinski definition) is 6. The zero-order valence-electron chi connectivity index (χ0n) is 13.1. The van der Waals surface area contributed by atoms with Gasteiger partial charge in [0, 0.05) is 11.8 Å². The van der Waals surface area contributed by atoms with Crippen molar-refractivity contribution < 1.29 is 13.7 Å². The third-order valence-corrected chi connectivity index (χ3v) is 5.27. The van der Waals surface area contributed by atoms with Crippen molar-refractivity contribution in [3.63, 3.8) is 0 Å². The molecule has 2 aromatic heterocycles. The molecule has 2 aromatic rings. The van der Waals surface area contributed by atoms with E-state index in [1.165, 1.54) is 12.6 Å². The molecule has 8 heteroatoms. The Labute approximate surface area is 137 Å². The van der Waals surface area contributed by atoms with E-state index in [2.05, 4.69) is 20.4 Å². The van der Waals surface area contributed by atoms with E-state index in [0.717, 1.165) is 12.8 Å². The number of nitrogens with zero attached hydrogens (tertiary/aromatic N) is 3. The van der Waals surface area contributed by atoms with Crippen molar-refractivity contribution >= 4 is 17.7 Å². The van der Waals surface area contributed by atoms with Crippen molar-refractivity contribution in [1.82, 2.24) is 15.1 Å². The van der Waals surface area contributed by atoms with Crippen LogP contribution in [0.2, 0.25) is 0 Å². The Balaban J connectivity index is 1.50. The van der Waals surface area contributed by atoms with Crippen molar-refractivity contribution in [1.29, 1.82) is 0 Å². The van der Waals surface area contributed by atoms with Gasteiger partial charge in [-0.25, -0.2) is 9.37 Å². The minimum absolute atomic E-state index is 0.0315. The van der Waals surface area contributed by atoms with Crippen molar-refractivity contribution in [2.75, 3.05) is 17.7 Å². The van der Waals surface area contributed by atoms with Gasteiger partial charge in [-0.15, -0.1) is 0 Å². The summed E-state index contributed by atoms with van der Waals surface area (Å²) in [6.07, 6.45) is 6.16. The van der Waals surface area contributed by atoms with Crippen LogP contribution in [0.15, 0.2) is 22.9 Å². The summed E-state index contributed by atoms with van der Waals surface area (Å²) in [5.41, 5.74) is 5.32. The Kier molecular flexibility index (Phi) is 3.29. The van der Waals surface area contributed by atoms with E-state index in [9.17, 15) is 9.18 Å². The van der Waals surface area contributed by atoms with Gasteiger partial charge in [-0.05, 0) is 48.4 Å². The summed E-state index contributed by atoms with van der Waals surface area (Å²) in [5, 5.41) is 6.25. The predicted molar refractivity (Wildman–Crippen MR) is 84.5 cm³/mol. The lowest BCUT2D eigenvalue weighted by Crippen LogP contribution is -2.57. The fourth-order valence-corrected chi connectivity index (χ4v) is 3.96. The summed E-state index contributed by atoms with van der Waals surface area (Å²) in [7, 11) is 0. The highest BCUT2D eigenvalue weighted by Gasteiger charge is 2.60. The van der Waals surface area contributed by atoms with Gasteiger partial charge in [-0.3, -0.25) is 4.79 Å². The number of anilines is 2. The number of nitrogens with two attached hydrogens (primary N) is 1. The largest absolute Gasteiger partial charge is 0.365 e. The van der Waals surface area contributed by atoms with Gasteiger partial charge in [0.15, 0.2) is 0 Å². The summed E-state index contributed by atoms with van der Waals surface area (Å²) in [6, 6.07) is 3.27. The zero-order chi connectivity index (χ0) is 16.8. The summed E-state index contributed by atoms with van der Waals surface area (Å²) < 4.78 is 18.6. The standard InChI is InChI=1S/C16H18FN5O2/c17-9-16(7-15(8-16)3-1-4-15)13(23)20-11-6-10(2-5-19-11)12-21-14(18)22-24-12/h2,5-6H,1,3-4,7-9H2,(H2,18,22)(H,19,20,23). The molecule has 2 aliphatic rings. The maximum Gasteiger partial charge on any atom is 0.261 e. The maximum absolute atomic E-state index is 13.6. The summed E-state index contributed by atoms with van der Waals surface area (Å²) in [4.78, 5) is 20.6. The van der Waals surface area contributed by atoms with Gasteiger partial charge in [0.05, 0.1) is 5.41 Å². The molecule has 0 aliphatic heterocycles. The zero-order valence-corrected chi connectivity index (χ0v) is 13.1. The highest BCUT2D eigenvalue weighted by atomic mass is 19.1. The number of carbonyl (C=O) groups is 1. The van der Waals surface area contributed by atoms with Gasteiger partial charge in [0.1, 0.15) is 12.5 Å². The number of rotatable bonds is 4. The summed E-state index contributed by atoms with van der Waals surface area (Å²) >= 11 is 0. The Bertz CT molecular complexity index is 778. The van der Waals surface area contributed by atoms with Gasteiger partial charge >= 0.3 is 0 Å². The number of amides is 1. The molecule has 2 aliphatic carbocycles. The third-order valence-electron chi connectivity index (χ3n) is 5.27. The normalized spacial score (nSPS) is 20.2. The molecule has 1 spiro atoms. The number of hydrogen-bond donors (Lipinski definition) is 2. The number of carbonyl (C=O) groups excluding carboxylic acids is 1. The number of nitrogen functional groups attached to an aromatic ring is 1. The quantitative estimate of drug-likeness (QED) is 0.891. The van der Waals surface area contributed by atoms with Gasteiger partial charge < -0.3 is 15.6 Å².